The molecule has 1 saturated heterocycles. The molecule has 0 spiro atoms. The average molecular weight is 393 g/mol. The molecule has 0 unspecified atom stereocenters. The summed E-state index contributed by atoms with van der Waals surface area (Å²) in [5.41, 5.74) is -0.706. The Labute approximate surface area is 160 Å². The van der Waals surface area contributed by atoms with Gasteiger partial charge in [-0.15, -0.1) is 0 Å². The van der Waals surface area contributed by atoms with Gasteiger partial charge < -0.3 is 4.90 Å². The summed E-state index contributed by atoms with van der Waals surface area (Å²) in [4.78, 5) is 29.3. The number of aryl methyl sites for hydroxylation is 1. The molecule has 0 atom stereocenters. The quantitative estimate of drug-likeness (QED) is 0.784. The zero-order valence-corrected chi connectivity index (χ0v) is 15.4. The van der Waals surface area contributed by atoms with Crippen molar-refractivity contribution >= 4 is 5.91 Å². The first-order chi connectivity index (χ1) is 13.3. The lowest BCUT2D eigenvalue weighted by Gasteiger charge is -2.32. The van der Waals surface area contributed by atoms with Crippen molar-refractivity contribution in [3.63, 3.8) is 0 Å². The van der Waals surface area contributed by atoms with Crippen LogP contribution in [-0.4, -0.2) is 33.4 Å². The molecular weight excluding hydrogens is 371 g/mol. The topological polar surface area (TPSA) is 55.2 Å². The van der Waals surface area contributed by atoms with Crippen LogP contribution in [0.25, 0.3) is 0 Å². The standard InChI is InChI=1S/C20H22F3N3O2/c21-20(22,23)17-5-2-1-4-16(17)7-6-15-8-12-25(13-9-15)18(27)14-26-11-3-10-24-19(26)28/h1-5,10-11,15H,6-9,12-14H2. The number of carbonyl (C=O) groups excluding carboxylic acids is 1. The van der Waals surface area contributed by atoms with E-state index in [1.165, 1.54) is 29.1 Å². The van der Waals surface area contributed by atoms with Crippen LogP contribution in [0.15, 0.2) is 47.5 Å². The molecule has 8 heteroatoms. The van der Waals surface area contributed by atoms with E-state index < -0.39 is 17.4 Å². The first kappa shape index (κ1) is 20.1. The number of piperidine rings is 1. The highest BCUT2D eigenvalue weighted by molar-refractivity contribution is 5.76. The lowest BCUT2D eigenvalue weighted by Crippen LogP contribution is -2.41. The Morgan fingerprint density at radius 2 is 1.86 bits per heavy atom. The summed E-state index contributed by atoms with van der Waals surface area (Å²) in [6, 6.07) is 7.29. The number of aromatic nitrogens is 2. The number of hydrogen-bond acceptors (Lipinski definition) is 3. The van der Waals surface area contributed by atoms with Gasteiger partial charge in [-0.1, -0.05) is 18.2 Å². The van der Waals surface area contributed by atoms with Crippen molar-refractivity contribution in [3.05, 3.63) is 64.3 Å². The van der Waals surface area contributed by atoms with E-state index in [-0.39, 0.29) is 18.4 Å². The second kappa shape index (κ2) is 8.58. The first-order valence-electron chi connectivity index (χ1n) is 9.29. The minimum Gasteiger partial charge on any atom is -0.341 e. The Kier molecular flexibility index (Phi) is 6.16. The summed E-state index contributed by atoms with van der Waals surface area (Å²) >= 11 is 0. The Hall–Kier alpha value is -2.64. The Morgan fingerprint density at radius 3 is 2.54 bits per heavy atom. The molecule has 0 saturated carbocycles. The van der Waals surface area contributed by atoms with Crippen molar-refractivity contribution in [1.29, 1.82) is 0 Å². The maximum absolute atomic E-state index is 13.1. The summed E-state index contributed by atoms with van der Waals surface area (Å²) in [5.74, 6) is 0.141. The fourth-order valence-electron chi connectivity index (χ4n) is 3.60. The molecule has 1 fully saturated rings. The zero-order valence-electron chi connectivity index (χ0n) is 15.4. The van der Waals surface area contributed by atoms with Crippen LogP contribution in [0.2, 0.25) is 0 Å². The largest absolute Gasteiger partial charge is 0.416 e. The van der Waals surface area contributed by atoms with E-state index in [9.17, 15) is 22.8 Å². The first-order valence-corrected chi connectivity index (χ1v) is 9.29. The van der Waals surface area contributed by atoms with Crippen molar-refractivity contribution in [1.82, 2.24) is 14.5 Å². The molecular formula is C20H22F3N3O2. The number of halogens is 3. The number of amides is 1. The predicted octanol–water partition coefficient (Wildman–Crippen LogP) is 3.13. The van der Waals surface area contributed by atoms with Crippen LogP contribution >= 0.6 is 0 Å². The lowest BCUT2D eigenvalue weighted by molar-refractivity contribution is -0.138. The van der Waals surface area contributed by atoms with Crippen molar-refractivity contribution in [3.8, 4) is 0 Å². The van der Waals surface area contributed by atoms with Crippen LogP contribution in [0.5, 0.6) is 0 Å². The molecule has 0 bridgehead atoms. The van der Waals surface area contributed by atoms with Gasteiger partial charge in [0.2, 0.25) is 5.91 Å². The molecule has 0 aliphatic carbocycles. The van der Waals surface area contributed by atoms with Crippen molar-refractivity contribution in [2.45, 2.75) is 38.4 Å². The van der Waals surface area contributed by atoms with Crippen LogP contribution in [0.3, 0.4) is 0 Å². The van der Waals surface area contributed by atoms with Gasteiger partial charge in [0.05, 0.1) is 5.56 Å². The highest BCUT2D eigenvalue weighted by Gasteiger charge is 2.33. The third kappa shape index (κ3) is 4.99. The highest BCUT2D eigenvalue weighted by Crippen LogP contribution is 2.33. The average Bonchev–Trinajstić information content (AvgIpc) is 2.68. The van der Waals surface area contributed by atoms with Gasteiger partial charge in [-0.25, -0.2) is 9.78 Å². The SMILES string of the molecule is O=C(Cn1cccnc1=O)N1CCC(CCc2ccccc2C(F)(F)F)CC1. The summed E-state index contributed by atoms with van der Waals surface area (Å²) < 4.78 is 40.5. The number of rotatable bonds is 5. The molecule has 5 nitrogen and oxygen atoms in total. The van der Waals surface area contributed by atoms with E-state index in [1.807, 2.05) is 0 Å². The van der Waals surface area contributed by atoms with E-state index in [2.05, 4.69) is 4.98 Å². The van der Waals surface area contributed by atoms with Crippen LogP contribution in [0.4, 0.5) is 13.2 Å². The minimum atomic E-state index is -4.34. The Bertz CT molecular complexity index is 871. The van der Waals surface area contributed by atoms with Crippen molar-refractivity contribution in [2.24, 2.45) is 5.92 Å². The fraction of sp³-hybridized carbons (Fsp3) is 0.450. The molecule has 2 heterocycles. The molecule has 1 aliphatic rings. The van der Waals surface area contributed by atoms with Gasteiger partial charge in [-0.2, -0.15) is 13.2 Å². The van der Waals surface area contributed by atoms with Crippen molar-refractivity contribution in [2.75, 3.05) is 13.1 Å². The van der Waals surface area contributed by atoms with Gasteiger partial charge in [-0.3, -0.25) is 9.36 Å². The van der Waals surface area contributed by atoms with E-state index in [4.69, 9.17) is 0 Å². The molecule has 1 aromatic carbocycles. The molecule has 0 radical (unpaired) electrons. The van der Waals surface area contributed by atoms with E-state index >= 15 is 0 Å². The van der Waals surface area contributed by atoms with Crippen LogP contribution in [-0.2, 0) is 23.9 Å². The van der Waals surface area contributed by atoms with Gasteiger partial charge >= 0.3 is 11.9 Å². The van der Waals surface area contributed by atoms with Gasteiger partial charge in [-0.05, 0) is 49.3 Å². The maximum atomic E-state index is 13.1. The number of nitrogens with zero attached hydrogens (tertiary/aromatic N) is 3. The molecule has 1 aliphatic heterocycles. The second-order valence-corrected chi connectivity index (χ2v) is 7.05. The summed E-state index contributed by atoms with van der Waals surface area (Å²) in [5, 5.41) is 0. The zero-order chi connectivity index (χ0) is 20.1. The highest BCUT2D eigenvalue weighted by atomic mass is 19.4. The lowest BCUT2D eigenvalue weighted by atomic mass is 9.89. The van der Waals surface area contributed by atoms with Gasteiger partial charge in [0, 0.05) is 25.5 Å². The van der Waals surface area contributed by atoms with Gasteiger partial charge in [0.1, 0.15) is 6.54 Å². The molecule has 28 heavy (non-hydrogen) atoms. The summed E-state index contributed by atoms with van der Waals surface area (Å²) in [6.45, 7) is 1.06. The Balaban J connectivity index is 1.50. The maximum Gasteiger partial charge on any atom is 0.416 e. The van der Waals surface area contributed by atoms with Crippen LogP contribution in [0.1, 0.15) is 30.4 Å². The van der Waals surface area contributed by atoms with E-state index in [0.717, 1.165) is 18.9 Å². The van der Waals surface area contributed by atoms with Crippen LogP contribution in [0, 0.1) is 5.92 Å². The fourth-order valence-corrected chi connectivity index (χ4v) is 3.60. The van der Waals surface area contributed by atoms with E-state index in [0.29, 0.717) is 31.5 Å². The summed E-state index contributed by atoms with van der Waals surface area (Å²) in [7, 11) is 0. The number of benzene rings is 1. The third-order valence-electron chi connectivity index (χ3n) is 5.20. The third-order valence-corrected chi connectivity index (χ3v) is 5.20. The molecule has 1 amide bonds. The van der Waals surface area contributed by atoms with Crippen molar-refractivity contribution < 1.29 is 18.0 Å². The molecule has 0 N–H and O–H groups in total. The molecule has 150 valence electrons. The smallest absolute Gasteiger partial charge is 0.341 e. The second-order valence-electron chi connectivity index (χ2n) is 7.05. The number of hydrogen-bond donors (Lipinski definition) is 0. The normalized spacial score (nSPS) is 15.6. The number of likely N-dealkylation sites (tertiary alicyclic amines) is 1. The van der Waals surface area contributed by atoms with Gasteiger partial charge in [0.15, 0.2) is 0 Å². The van der Waals surface area contributed by atoms with Gasteiger partial charge in [0.25, 0.3) is 0 Å². The molecule has 3 rings (SSSR count). The number of alkyl halides is 3. The predicted molar refractivity (Wildman–Crippen MR) is 97.6 cm³/mol. The van der Waals surface area contributed by atoms with E-state index in [1.54, 1.807) is 17.0 Å². The minimum absolute atomic E-state index is 0.0453. The number of carbonyl (C=O) groups is 1. The van der Waals surface area contributed by atoms with Crippen LogP contribution < -0.4 is 5.69 Å². The molecule has 1 aromatic heterocycles. The Morgan fingerprint density at radius 1 is 1.14 bits per heavy atom. The monoisotopic (exact) mass is 393 g/mol. The summed E-state index contributed by atoms with van der Waals surface area (Å²) in [6.07, 6.45) is 1.11. The molecule has 2 aromatic rings.